The van der Waals surface area contributed by atoms with E-state index in [1.807, 2.05) is 54.1 Å². The standard InChI is InChI=1S/C17H16N2O2S2/c1-2-21-13-7-5-12(6-8-13)15-11-23-17(18-15)19-16(20)10-14-4-3-9-22-14/h3-9,11H,2,10H2,1H3,(H,18,19,20). The third-order valence-corrected chi connectivity index (χ3v) is 4.76. The quantitative estimate of drug-likeness (QED) is 0.719. The van der Waals surface area contributed by atoms with Crippen molar-refractivity contribution in [3.05, 3.63) is 52.0 Å². The predicted octanol–water partition coefficient (Wildman–Crippen LogP) is 4.45. The number of rotatable bonds is 6. The molecule has 2 heterocycles. The van der Waals surface area contributed by atoms with Crippen LogP contribution in [0.2, 0.25) is 0 Å². The first-order valence-corrected chi connectivity index (χ1v) is 9.01. The van der Waals surface area contributed by atoms with E-state index < -0.39 is 0 Å². The number of benzene rings is 1. The van der Waals surface area contributed by atoms with Gasteiger partial charge >= 0.3 is 0 Å². The van der Waals surface area contributed by atoms with Gasteiger partial charge in [-0.3, -0.25) is 4.79 Å². The Kier molecular flexibility index (Phi) is 5.05. The molecule has 0 aliphatic carbocycles. The van der Waals surface area contributed by atoms with Crippen LogP contribution in [-0.2, 0) is 11.2 Å². The fourth-order valence-corrected chi connectivity index (χ4v) is 3.53. The lowest BCUT2D eigenvalue weighted by Gasteiger charge is -2.03. The highest BCUT2D eigenvalue weighted by molar-refractivity contribution is 7.14. The smallest absolute Gasteiger partial charge is 0.231 e. The van der Waals surface area contributed by atoms with Crippen molar-refractivity contribution in [1.82, 2.24) is 4.98 Å². The van der Waals surface area contributed by atoms with E-state index in [0.29, 0.717) is 18.2 Å². The number of nitrogens with one attached hydrogen (secondary N) is 1. The maximum atomic E-state index is 12.0. The molecule has 0 saturated heterocycles. The van der Waals surface area contributed by atoms with E-state index in [1.54, 1.807) is 11.3 Å². The Balaban J connectivity index is 1.64. The monoisotopic (exact) mass is 344 g/mol. The summed E-state index contributed by atoms with van der Waals surface area (Å²) in [5.41, 5.74) is 1.85. The van der Waals surface area contributed by atoms with Gasteiger partial charge in [-0.05, 0) is 42.6 Å². The second kappa shape index (κ2) is 7.39. The van der Waals surface area contributed by atoms with E-state index in [2.05, 4.69) is 10.3 Å². The largest absolute Gasteiger partial charge is 0.494 e. The van der Waals surface area contributed by atoms with E-state index >= 15 is 0 Å². The minimum atomic E-state index is -0.0416. The topological polar surface area (TPSA) is 51.2 Å². The molecule has 0 saturated carbocycles. The number of hydrogen-bond donors (Lipinski definition) is 1. The highest BCUT2D eigenvalue weighted by Crippen LogP contribution is 2.26. The zero-order valence-corrected chi connectivity index (χ0v) is 14.2. The molecule has 6 heteroatoms. The number of anilines is 1. The SMILES string of the molecule is CCOc1ccc(-c2csc(NC(=O)Cc3cccs3)n2)cc1. The van der Waals surface area contributed by atoms with Crippen molar-refractivity contribution >= 4 is 33.7 Å². The summed E-state index contributed by atoms with van der Waals surface area (Å²) in [6, 6.07) is 11.7. The average molecular weight is 344 g/mol. The predicted molar refractivity (Wildman–Crippen MR) is 95.4 cm³/mol. The van der Waals surface area contributed by atoms with E-state index in [4.69, 9.17) is 4.74 Å². The van der Waals surface area contributed by atoms with Gasteiger partial charge in [0, 0.05) is 15.8 Å². The van der Waals surface area contributed by atoms with Gasteiger partial charge in [-0.25, -0.2) is 4.98 Å². The Labute approximate surface area is 142 Å². The van der Waals surface area contributed by atoms with Crippen LogP contribution in [0.4, 0.5) is 5.13 Å². The van der Waals surface area contributed by atoms with Gasteiger partial charge in [-0.15, -0.1) is 22.7 Å². The van der Waals surface area contributed by atoms with Gasteiger partial charge < -0.3 is 10.1 Å². The molecule has 0 unspecified atom stereocenters. The zero-order chi connectivity index (χ0) is 16.1. The van der Waals surface area contributed by atoms with Gasteiger partial charge in [0.25, 0.3) is 0 Å². The van der Waals surface area contributed by atoms with Crippen molar-refractivity contribution in [2.75, 3.05) is 11.9 Å². The molecule has 118 valence electrons. The van der Waals surface area contributed by atoms with Crippen LogP contribution < -0.4 is 10.1 Å². The average Bonchev–Trinajstić information content (AvgIpc) is 3.20. The van der Waals surface area contributed by atoms with Crippen LogP contribution in [-0.4, -0.2) is 17.5 Å². The van der Waals surface area contributed by atoms with Crippen LogP contribution in [0.15, 0.2) is 47.2 Å². The number of aromatic nitrogens is 1. The van der Waals surface area contributed by atoms with E-state index in [1.165, 1.54) is 11.3 Å². The maximum absolute atomic E-state index is 12.0. The molecule has 2 aromatic heterocycles. The van der Waals surface area contributed by atoms with Crippen LogP contribution in [0.1, 0.15) is 11.8 Å². The maximum Gasteiger partial charge on any atom is 0.231 e. The van der Waals surface area contributed by atoms with Crippen molar-refractivity contribution in [3.8, 4) is 17.0 Å². The molecule has 0 aliphatic heterocycles. The van der Waals surface area contributed by atoms with Gasteiger partial charge in [0.15, 0.2) is 5.13 Å². The molecule has 1 N–H and O–H groups in total. The lowest BCUT2D eigenvalue weighted by Crippen LogP contribution is -2.13. The van der Waals surface area contributed by atoms with E-state index in [9.17, 15) is 4.79 Å². The van der Waals surface area contributed by atoms with Gasteiger partial charge in [0.05, 0.1) is 18.7 Å². The minimum absolute atomic E-state index is 0.0416. The summed E-state index contributed by atoms with van der Waals surface area (Å²) in [5, 5.41) is 7.38. The molecule has 0 fully saturated rings. The van der Waals surface area contributed by atoms with Crippen LogP contribution in [0, 0.1) is 0 Å². The van der Waals surface area contributed by atoms with Crippen LogP contribution in [0.5, 0.6) is 5.75 Å². The number of carbonyl (C=O) groups excluding carboxylic acids is 1. The fourth-order valence-electron chi connectivity index (χ4n) is 2.09. The molecule has 0 bridgehead atoms. The van der Waals surface area contributed by atoms with Gasteiger partial charge in [0.2, 0.25) is 5.91 Å². The van der Waals surface area contributed by atoms with Crippen molar-refractivity contribution in [3.63, 3.8) is 0 Å². The summed E-state index contributed by atoms with van der Waals surface area (Å²) >= 11 is 3.01. The lowest BCUT2D eigenvalue weighted by atomic mass is 10.2. The summed E-state index contributed by atoms with van der Waals surface area (Å²) < 4.78 is 5.43. The Morgan fingerprint density at radius 3 is 2.74 bits per heavy atom. The van der Waals surface area contributed by atoms with Crippen molar-refractivity contribution < 1.29 is 9.53 Å². The Morgan fingerprint density at radius 2 is 2.04 bits per heavy atom. The molecule has 1 aromatic carbocycles. The summed E-state index contributed by atoms with van der Waals surface area (Å²) in [6.07, 6.45) is 0.385. The Hall–Kier alpha value is -2.18. The number of thiazole rings is 1. The zero-order valence-electron chi connectivity index (χ0n) is 12.6. The van der Waals surface area contributed by atoms with E-state index in [-0.39, 0.29) is 5.91 Å². The molecule has 3 rings (SSSR count). The lowest BCUT2D eigenvalue weighted by molar-refractivity contribution is -0.115. The van der Waals surface area contributed by atoms with Crippen LogP contribution in [0.3, 0.4) is 0 Å². The number of carbonyl (C=O) groups is 1. The highest BCUT2D eigenvalue weighted by atomic mass is 32.1. The second-order valence-corrected chi connectivity index (χ2v) is 6.69. The molecule has 0 spiro atoms. The minimum Gasteiger partial charge on any atom is -0.494 e. The molecule has 4 nitrogen and oxygen atoms in total. The Bertz CT molecular complexity index is 764. The molecule has 3 aromatic rings. The van der Waals surface area contributed by atoms with Crippen molar-refractivity contribution in [1.29, 1.82) is 0 Å². The summed E-state index contributed by atoms with van der Waals surface area (Å²) in [4.78, 5) is 17.5. The van der Waals surface area contributed by atoms with E-state index in [0.717, 1.165) is 21.9 Å². The van der Waals surface area contributed by atoms with Crippen LogP contribution in [0.25, 0.3) is 11.3 Å². The molecule has 1 amide bonds. The second-order valence-electron chi connectivity index (χ2n) is 4.80. The summed E-state index contributed by atoms with van der Waals surface area (Å²) in [7, 11) is 0. The Morgan fingerprint density at radius 1 is 1.22 bits per heavy atom. The first-order chi connectivity index (χ1) is 11.2. The van der Waals surface area contributed by atoms with Crippen LogP contribution >= 0.6 is 22.7 Å². The number of hydrogen-bond acceptors (Lipinski definition) is 5. The summed E-state index contributed by atoms with van der Waals surface area (Å²) in [5.74, 6) is 0.802. The molecule has 0 aliphatic rings. The number of amides is 1. The third kappa shape index (κ3) is 4.18. The van der Waals surface area contributed by atoms with Crippen molar-refractivity contribution in [2.45, 2.75) is 13.3 Å². The molecule has 0 radical (unpaired) electrons. The number of nitrogens with zero attached hydrogens (tertiary/aromatic N) is 1. The summed E-state index contributed by atoms with van der Waals surface area (Å²) in [6.45, 7) is 2.61. The van der Waals surface area contributed by atoms with Gasteiger partial charge in [-0.2, -0.15) is 0 Å². The molecular weight excluding hydrogens is 328 g/mol. The first-order valence-electron chi connectivity index (χ1n) is 7.25. The molecule has 0 atom stereocenters. The van der Waals surface area contributed by atoms with Gasteiger partial charge in [0.1, 0.15) is 5.75 Å². The number of ether oxygens (including phenoxy) is 1. The fraction of sp³-hybridized carbons (Fsp3) is 0.176. The number of thiophene rings is 1. The first kappa shape index (κ1) is 15.7. The van der Waals surface area contributed by atoms with Gasteiger partial charge in [-0.1, -0.05) is 6.07 Å². The molecule has 23 heavy (non-hydrogen) atoms. The highest BCUT2D eigenvalue weighted by Gasteiger charge is 2.09. The third-order valence-electron chi connectivity index (χ3n) is 3.13. The molecular formula is C17H16N2O2S2. The van der Waals surface area contributed by atoms with Crippen molar-refractivity contribution in [2.24, 2.45) is 0 Å². The normalized spacial score (nSPS) is 10.5.